The van der Waals surface area contributed by atoms with Crippen molar-refractivity contribution in [3.8, 4) is 10.6 Å². The van der Waals surface area contributed by atoms with Crippen molar-refractivity contribution in [3.63, 3.8) is 0 Å². The fraction of sp³-hybridized carbons (Fsp3) is 0.333. The zero-order valence-corrected chi connectivity index (χ0v) is 17.4. The summed E-state index contributed by atoms with van der Waals surface area (Å²) < 4.78 is 5.39. The van der Waals surface area contributed by atoms with Crippen LogP contribution >= 0.6 is 22.7 Å². The Labute approximate surface area is 173 Å². The van der Waals surface area contributed by atoms with E-state index >= 15 is 0 Å². The Bertz CT molecular complexity index is 914. The number of nitrogens with zero attached hydrogens (tertiary/aromatic N) is 2. The smallest absolute Gasteiger partial charge is 0.267 e. The largest absolute Gasteiger partial charge is 0.379 e. The van der Waals surface area contributed by atoms with Crippen LogP contribution in [-0.2, 0) is 11.2 Å². The maximum absolute atomic E-state index is 12.7. The van der Waals surface area contributed by atoms with Crippen molar-refractivity contribution < 1.29 is 9.53 Å². The lowest BCUT2D eigenvalue weighted by Crippen LogP contribution is -2.37. The number of aromatic nitrogens is 1. The highest BCUT2D eigenvalue weighted by molar-refractivity contribution is 7.17. The Hall–Kier alpha value is -2.06. The van der Waals surface area contributed by atoms with Gasteiger partial charge in [-0.05, 0) is 42.5 Å². The lowest BCUT2D eigenvalue weighted by atomic mass is 10.1. The SMILES string of the molecule is Cc1nc(-c2ccsc2)sc1C(=O)Nc1ccc(CCN2CCOCC2)cc1. The van der Waals surface area contributed by atoms with Crippen molar-refractivity contribution in [2.45, 2.75) is 13.3 Å². The van der Waals surface area contributed by atoms with E-state index in [1.165, 1.54) is 16.9 Å². The summed E-state index contributed by atoms with van der Waals surface area (Å²) in [5.41, 5.74) is 3.93. The summed E-state index contributed by atoms with van der Waals surface area (Å²) in [6, 6.07) is 10.2. The number of morpholine rings is 1. The second-order valence-electron chi connectivity index (χ2n) is 6.80. The maximum Gasteiger partial charge on any atom is 0.267 e. The number of thiophene rings is 1. The number of thiazole rings is 1. The molecule has 1 aliphatic rings. The van der Waals surface area contributed by atoms with E-state index in [9.17, 15) is 4.79 Å². The molecule has 1 amide bonds. The zero-order valence-electron chi connectivity index (χ0n) is 15.8. The number of carbonyl (C=O) groups is 1. The van der Waals surface area contributed by atoms with E-state index in [1.54, 1.807) is 11.3 Å². The van der Waals surface area contributed by atoms with Crippen LogP contribution < -0.4 is 5.32 Å². The van der Waals surface area contributed by atoms with Crippen LogP contribution in [0.15, 0.2) is 41.1 Å². The van der Waals surface area contributed by atoms with Gasteiger partial charge in [-0.15, -0.1) is 11.3 Å². The Morgan fingerprint density at radius 2 is 2.00 bits per heavy atom. The summed E-state index contributed by atoms with van der Waals surface area (Å²) >= 11 is 3.07. The van der Waals surface area contributed by atoms with E-state index in [0.717, 1.165) is 61.2 Å². The molecule has 0 unspecified atom stereocenters. The van der Waals surface area contributed by atoms with Gasteiger partial charge in [-0.3, -0.25) is 9.69 Å². The van der Waals surface area contributed by atoms with Crippen LogP contribution in [0, 0.1) is 6.92 Å². The molecule has 1 aliphatic heterocycles. The van der Waals surface area contributed by atoms with Gasteiger partial charge >= 0.3 is 0 Å². The van der Waals surface area contributed by atoms with Gasteiger partial charge in [0.1, 0.15) is 9.88 Å². The van der Waals surface area contributed by atoms with E-state index in [-0.39, 0.29) is 5.91 Å². The molecule has 146 valence electrons. The minimum absolute atomic E-state index is 0.0995. The van der Waals surface area contributed by atoms with E-state index in [2.05, 4.69) is 32.7 Å². The molecule has 1 fully saturated rings. The highest BCUT2D eigenvalue weighted by Gasteiger charge is 2.17. The molecule has 0 radical (unpaired) electrons. The Balaban J connectivity index is 1.35. The molecule has 3 heterocycles. The van der Waals surface area contributed by atoms with E-state index in [0.29, 0.717) is 4.88 Å². The molecule has 0 spiro atoms. The van der Waals surface area contributed by atoms with Crippen molar-refractivity contribution in [2.75, 3.05) is 38.2 Å². The van der Waals surface area contributed by atoms with Gasteiger partial charge in [-0.25, -0.2) is 4.98 Å². The average molecular weight is 414 g/mol. The maximum atomic E-state index is 12.7. The van der Waals surface area contributed by atoms with E-state index in [1.807, 2.05) is 30.5 Å². The summed E-state index contributed by atoms with van der Waals surface area (Å²) in [6.07, 6.45) is 1.01. The zero-order chi connectivity index (χ0) is 19.3. The van der Waals surface area contributed by atoms with E-state index in [4.69, 9.17) is 4.74 Å². The minimum Gasteiger partial charge on any atom is -0.379 e. The highest BCUT2D eigenvalue weighted by Crippen LogP contribution is 2.29. The lowest BCUT2D eigenvalue weighted by Gasteiger charge is -2.26. The van der Waals surface area contributed by atoms with Gasteiger partial charge in [0.25, 0.3) is 5.91 Å². The normalized spacial score (nSPS) is 14.9. The molecule has 3 aromatic rings. The van der Waals surface area contributed by atoms with Gasteiger partial charge in [0.2, 0.25) is 0 Å². The summed E-state index contributed by atoms with van der Waals surface area (Å²) in [5, 5.41) is 7.96. The summed E-state index contributed by atoms with van der Waals surface area (Å²) in [5.74, 6) is -0.0995. The Kier molecular flexibility index (Phi) is 6.17. The van der Waals surface area contributed by atoms with Gasteiger partial charge in [0.05, 0.1) is 18.9 Å². The third kappa shape index (κ3) is 4.67. The number of hydrogen-bond donors (Lipinski definition) is 1. The van der Waals surface area contributed by atoms with Crippen LogP contribution in [0.25, 0.3) is 10.6 Å². The van der Waals surface area contributed by atoms with Gasteiger partial charge in [0.15, 0.2) is 0 Å². The number of nitrogens with one attached hydrogen (secondary N) is 1. The molecule has 0 aliphatic carbocycles. The second-order valence-corrected chi connectivity index (χ2v) is 8.58. The molecule has 28 heavy (non-hydrogen) atoms. The number of benzene rings is 1. The fourth-order valence-electron chi connectivity index (χ4n) is 3.17. The molecule has 1 N–H and O–H groups in total. The molecule has 5 nitrogen and oxygen atoms in total. The number of hydrogen-bond acceptors (Lipinski definition) is 6. The fourth-order valence-corrected chi connectivity index (χ4v) is 4.84. The van der Waals surface area contributed by atoms with Crippen LogP contribution in [0.5, 0.6) is 0 Å². The quantitative estimate of drug-likeness (QED) is 0.654. The first kappa shape index (κ1) is 19.3. The third-order valence-corrected chi connectivity index (χ3v) is 6.69. The van der Waals surface area contributed by atoms with Gasteiger partial charge in [0, 0.05) is 36.3 Å². The number of aryl methyl sites for hydroxylation is 1. The Morgan fingerprint density at radius 1 is 1.21 bits per heavy atom. The average Bonchev–Trinajstić information content (AvgIpc) is 3.38. The highest BCUT2D eigenvalue weighted by atomic mass is 32.1. The van der Waals surface area contributed by atoms with Crippen molar-refractivity contribution in [1.82, 2.24) is 9.88 Å². The topological polar surface area (TPSA) is 54.5 Å². The first-order valence-electron chi connectivity index (χ1n) is 9.39. The minimum atomic E-state index is -0.0995. The summed E-state index contributed by atoms with van der Waals surface area (Å²) in [4.78, 5) is 20.3. The molecule has 1 saturated heterocycles. The van der Waals surface area contributed by atoms with Gasteiger partial charge in [-0.1, -0.05) is 12.1 Å². The summed E-state index contributed by atoms with van der Waals surface area (Å²) in [6.45, 7) is 6.61. The first-order chi connectivity index (χ1) is 13.7. The van der Waals surface area contributed by atoms with Crippen LogP contribution in [-0.4, -0.2) is 48.6 Å². The van der Waals surface area contributed by atoms with Crippen LogP contribution in [0.1, 0.15) is 20.9 Å². The second kappa shape index (κ2) is 8.96. The number of ether oxygens (including phenoxy) is 1. The van der Waals surface area contributed by atoms with Crippen molar-refractivity contribution in [1.29, 1.82) is 0 Å². The predicted molar refractivity (Wildman–Crippen MR) is 116 cm³/mol. The molecular formula is C21H23N3O2S2. The first-order valence-corrected chi connectivity index (χ1v) is 11.2. The number of amides is 1. The number of anilines is 1. The van der Waals surface area contributed by atoms with Crippen molar-refractivity contribution in [3.05, 3.63) is 57.2 Å². The number of carbonyl (C=O) groups excluding carboxylic acids is 1. The van der Waals surface area contributed by atoms with Gasteiger partial charge in [-0.2, -0.15) is 11.3 Å². The predicted octanol–water partition coefficient (Wildman–Crippen LogP) is 4.31. The molecule has 2 aromatic heterocycles. The lowest BCUT2D eigenvalue weighted by molar-refractivity contribution is 0.0384. The summed E-state index contributed by atoms with van der Waals surface area (Å²) in [7, 11) is 0. The monoisotopic (exact) mass is 413 g/mol. The van der Waals surface area contributed by atoms with Crippen molar-refractivity contribution >= 4 is 34.3 Å². The van der Waals surface area contributed by atoms with Crippen LogP contribution in [0.3, 0.4) is 0 Å². The molecule has 0 saturated carbocycles. The van der Waals surface area contributed by atoms with Crippen molar-refractivity contribution in [2.24, 2.45) is 0 Å². The molecule has 0 atom stereocenters. The Morgan fingerprint density at radius 3 is 2.71 bits per heavy atom. The van der Waals surface area contributed by atoms with Gasteiger partial charge < -0.3 is 10.1 Å². The molecule has 7 heteroatoms. The van der Waals surface area contributed by atoms with E-state index < -0.39 is 0 Å². The molecule has 0 bridgehead atoms. The molecular weight excluding hydrogens is 390 g/mol. The third-order valence-electron chi connectivity index (χ3n) is 4.80. The molecule has 4 rings (SSSR count). The number of rotatable bonds is 6. The molecule has 1 aromatic carbocycles. The standard InChI is InChI=1S/C21H23N3O2S2/c1-15-19(28-21(22-15)17-7-13-27-14-17)20(25)23-18-4-2-16(3-5-18)6-8-24-9-11-26-12-10-24/h2-5,7,13-14H,6,8-12H2,1H3,(H,23,25). The van der Waals surface area contributed by atoms with Crippen LogP contribution in [0.4, 0.5) is 5.69 Å². The van der Waals surface area contributed by atoms with Crippen LogP contribution in [0.2, 0.25) is 0 Å².